The van der Waals surface area contributed by atoms with E-state index in [0.717, 1.165) is 5.56 Å². The minimum Gasteiger partial charge on any atom is -0.497 e. The first-order valence-electron chi connectivity index (χ1n) is 9.59. The van der Waals surface area contributed by atoms with Crippen LogP contribution in [0.25, 0.3) is 0 Å². The quantitative estimate of drug-likeness (QED) is 0.664. The van der Waals surface area contributed by atoms with E-state index in [-0.39, 0.29) is 6.54 Å². The van der Waals surface area contributed by atoms with Gasteiger partial charge in [0.05, 0.1) is 20.8 Å². The molecule has 0 radical (unpaired) electrons. The van der Waals surface area contributed by atoms with Crippen LogP contribution >= 0.6 is 0 Å². The minimum absolute atomic E-state index is 0.203. The summed E-state index contributed by atoms with van der Waals surface area (Å²) in [6.45, 7) is 0.203. The molecule has 2 atom stereocenters. The summed E-state index contributed by atoms with van der Waals surface area (Å²) in [5.41, 5.74) is 0.383. The monoisotopic (exact) mass is 405 g/mol. The first-order valence-corrected chi connectivity index (χ1v) is 9.59. The van der Waals surface area contributed by atoms with Gasteiger partial charge in [0.1, 0.15) is 11.5 Å². The lowest BCUT2D eigenvalue weighted by molar-refractivity contribution is -0.113. The highest BCUT2D eigenvalue weighted by Crippen LogP contribution is 2.47. The molecule has 0 unspecified atom stereocenters. The van der Waals surface area contributed by atoms with E-state index in [1.54, 1.807) is 62.8 Å². The molecule has 1 saturated heterocycles. The van der Waals surface area contributed by atoms with E-state index in [1.807, 2.05) is 30.3 Å². The predicted molar refractivity (Wildman–Crippen MR) is 111 cm³/mol. The van der Waals surface area contributed by atoms with Gasteiger partial charge in [0.25, 0.3) is 0 Å². The molecule has 1 fully saturated rings. The van der Waals surface area contributed by atoms with Crippen molar-refractivity contribution in [2.45, 2.75) is 18.4 Å². The largest absolute Gasteiger partial charge is 0.497 e. The van der Waals surface area contributed by atoms with E-state index < -0.39 is 17.9 Å². The summed E-state index contributed by atoms with van der Waals surface area (Å²) >= 11 is 0. The number of hydrogen-bond acceptors (Lipinski definition) is 5. The molecule has 4 rings (SSSR count). The highest BCUT2D eigenvalue weighted by molar-refractivity contribution is 5.72. The van der Waals surface area contributed by atoms with Crippen molar-refractivity contribution in [3.8, 4) is 11.5 Å². The number of hydrogen-bond donors (Lipinski definition) is 1. The molecule has 0 saturated carbocycles. The summed E-state index contributed by atoms with van der Waals surface area (Å²) < 4.78 is 16.2. The molecular weight excluding hydrogens is 382 g/mol. The summed E-state index contributed by atoms with van der Waals surface area (Å²) in [5.74, 6) is 1.33. The van der Waals surface area contributed by atoms with Crippen LogP contribution in [0.4, 0.5) is 4.79 Å². The first kappa shape index (κ1) is 19.8. The van der Waals surface area contributed by atoms with Crippen molar-refractivity contribution >= 4 is 6.09 Å². The Bertz CT molecular complexity index is 1000. The molecule has 6 nitrogen and oxygen atoms in total. The number of rotatable bonds is 6. The Labute approximate surface area is 175 Å². The maximum atomic E-state index is 12.9. The zero-order valence-corrected chi connectivity index (χ0v) is 16.8. The third kappa shape index (κ3) is 3.46. The smallest absolute Gasteiger partial charge is 0.413 e. The summed E-state index contributed by atoms with van der Waals surface area (Å²) in [5, 5.41) is 12.0. The van der Waals surface area contributed by atoms with Crippen LogP contribution in [0, 0.1) is 0 Å². The average molecular weight is 405 g/mol. The van der Waals surface area contributed by atoms with E-state index in [9.17, 15) is 9.90 Å². The van der Waals surface area contributed by atoms with E-state index in [0.29, 0.717) is 22.6 Å². The van der Waals surface area contributed by atoms with Crippen molar-refractivity contribution in [1.29, 1.82) is 0 Å². The van der Waals surface area contributed by atoms with Crippen LogP contribution in [-0.4, -0.2) is 30.3 Å². The van der Waals surface area contributed by atoms with Gasteiger partial charge in [0, 0.05) is 5.56 Å². The SMILES string of the molecule is COc1ccc([C@@H]2OC(=O)N(Cc3ccccc3)[C@]2(O)c2ccc(OC)cc2)cc1. The molecule has 1 amide bonds. The molecule has 1 heterocycles. The molecule has 0 spiro atoms. The number of aliphatic hydroxyl groups is 1. The second-order valence-corrected chi connectivity index (χ2v) is 7.06. The number of amides is 1. The van der Waals surface area contributed by atoms with Gasteiger partial charge in [-0.25, -0.2) is 4.79 Å². The van der Waals surface area contributed by atoms with Crippen molar-refractivity contribution in [2.24, 2.45) is 0 Å². The molecule has 30 heavy (non-hydrogen) atoms. The van der Waals surface area contributed by atoms with E-state index in [1.165, 1.54) is 4.90 Å². The topological polar surface area (TPSA) is 68.2 Å². The molecular formula is C24H23NO5. The number of methoxy groups -OCH3 is 2. The maximum absolute atomic E-state index is 12.9. The number of carbonyl (C=O) groups excluding carboxylic acids is 1. The molecule has 0 aromatic heterocycles. The molecule has 1 aliphatic heterocycles. The molecule has 0 aliphatic carbocycles. The van der Waals surface area contributed by atoms with E-state index >= 15 is 0 Å². The Morgan fingerprint density at radius 1 is 0.900 bits per heavy atom. The van der Waals surface area contributed by atoms with E-state index in [4.69, 9.17) is 14.2 Å². The third-order valence-corrected chi connectivity index (χ3v) is 5.33. The van der Waals surface area contributed by atoms with Crippen LogP contribution in [0.1, 0.15) is 22.8 Å². The van der Waals surface area contributed by atoms with E-state index in [2.05, 4.69) is 0 Å². The number of ether oxygens (including phenoxy) is 3. The fourth-order valence-electron chi connectivity index (χ4n) is 3.70. The Hall–Kier alpha value is -3.51. The second-order valence-electron chi connectivity index (χ2n) is 7.06. The van der Waals surface area contributed by atoms with Crippen LogP contribution < -0.4 is 9.47 Å². The zero-order valence-electron chi connectivity index (χ0n) is 16.8. The second kappa shape index (κ2) is 8.08. The molecule has 1 N–H and O–H groups in total. The summed E-state index contributed by atoms with van der Waals surface area (Å²) in [7, 11) is 3.16. The van der Waals surface area contributed by atoms with Gasteiger partial charge < -0.3 is 19.3 Å². The maximum Gasteiger partial charge on any atom is 0.413 e. The van der Waals surface area contributed by atoms with Gasteiger partial charge >= 0.3 is 6.09 Å². The Morgan fingerprint density at radius 3 is 2.03 bits per heavy atom. The summed E-state index contributed by atoms with van der Waals surface area (Å²) in [6.07, 6.45) is -1.49. The van der Waals surface area contributed by atoms with Crippen molar-refractivity contribution in [2.75, 3.05) is 14.2 Å². The van der Waals surface area contributed by atoms with Crippen LogP contribution in [0.15, 0.2) is 78.9 Å². The Kier molecular flexibility index (Phi) is 5.33. The van der Waals surface area contributed by atoms with Crippen molar-refractivity contribution in [1.82, 2.24) is 4.90 Å². The normalized spacial score (nSPS) is 20.7. The van der Waals surface area contributed by atoms with Crippen molar-refractivity contribution in [3.63, 3.8) is 0 Å². The first-order chi connectivity index (χ1) is 14.6. The summed E-state index contributed by atoms with van der Waals surface area (Å²) in [6, 6.07) is 23.6. The van der Waals surface area contributed by atoms with Gasteiger partial charge in [-0.15, -0.1) is 0 Å². The van der Waals surface area contributed by atoms with Crippen molar-refractivity contribution < 1.29 is 24.1 Å². The number of benzene rings is 3. The predicted octanol–water partition coefficient (Wildman–Crippen LogP) is 4.24. The molecule has 1 aliphatic rings. The van der Waals surface area contributed by atoms with Gasteiger partial charge in [0.15, 0.2) is 6.10 Å². The molecule has 3 aromatic rings. The van der Waals surface area contributed by atoms with Crippen molar-refractivity contribution in [3.05, 3.63) is 95.6 Å². The number of carbonyl (C=O) groups is 1. The summed E-state index contributed by atoms with van der Waals surface area (Å²) in [4.78, 5) is 14.3. The van der Waals surface area contributed by atoms with Gasteiger partial charge in [-0.05, 0) is 35.4 Å². The van der Waals surface area contributed by atoms with Crippen LogP contribution in [-0.2, 0) is 17.0 Å². The number of nitrogens with zero attached hydrogens (tertiary/aromatic N) is 1. The van der Waals surface area contributed by atoms with Crippen LogP contribution in [0.3, 0.4) is 0 Å². The number of cyclic esters (lactones) is 1. The highest BCUT2D eigenvalue weighted by Gasteiger charge is 2.56. The fraction of sp³-hybridized carbons (Fsp3) is 0.208. The van der Waals surface area contributed by atoms with Gasteiger partial charge in [-0.2, -0.15) is 0 Å². The van der Waals surface area contributed by atoms with Crippen LogP contribution in [0.5, 0.6) is 11.5 Å². The standard InChI is InChI=1S/C24H23NO5/c1-28-20-12-8-18(9-13-20)22-24(27,19-10-14-21(29-2)15-11-19)25(23(26)30-22)16-17-6-4-3-5-7-17/h3-15,22,27H,16H2,1-2H3/t22-,24-/m0/s1. The Balaban J connectivity index is 1.79. The lowest BCUT2D eigenvalue weighted by Gasteiger charge is -2.35. The zero-order chi connectivity index (χ0) is 21.1. The average Bonchev–Trinajstić information content (AvgIpc) is 3.06. The lowest BCUT2D eigenvalue weighted by atomic mass is 9.91. The molecule has 3 aromatic carbocycles. The molecule has 154 valence electrons. The fourth-order valence-corrected chi connectivity index (χ4v) is 3.70. The highest BCUT2D eigenvalue weighted by atomic mass is 16.6. The third-order valence-electron chi connectivity index (χ3n) is 5.33. The van der Waals surface area contributed by atoms with Crippen LogP contribution in [0.2, 0.25) is 0 Å². The van der Waals surface area contributed by atoms with Gasteiger partial charge in [-0.1, -0.05) is 54.6 Å². The lowest BCUT2D eigenvalue weighted by Crippen LogP contribution is -2.45. The molecule has 6 heteroatoms. The minimum atomic E-state index is -1.70. The Morgan fingerprint density at radius 2 is 1.47 bits per heavy atom. The molecule has 0 bridgehead atoms. The van der Waals surface area contributed by atoms with Gasteiger partial charge in [0.2, 0.25) is 5.72 Å². The van der Waals surface area contributed by atoms with Gasteiger partial charge in [-0.3, -0.25) is 4.90 Å².